The first kappa shape index (κ1) is 35.4. The summed E-state index contributed by atoms with van der Waals surface area (Å²) in [6.45, 7) is 22.5. The van der Waals surface area contributed by atoms with Crippen LogP contribution in [-0.2, 0) is 44.3 Å². The fraction of sp³-hybridized carbons (Fsp3) is 0. The van der Waals surface area contributed by atoms with Gasteiger partial charge in [0.2, 0.25) is 0 Å². The van der Waals surface area contributed by atoms with E-state index in [0.717, 1.165) is 5.56 Å². The summed E-state index contributed by atoms with van der Waals surface area (Å²) < 4.78 is 37.5. The van der Waals surface area contributed by atoms with Crippen LogP contribution in [0.2, 0.25) is 0 Å². The van der Waals surface area contributed by atoms with Gasteiger partial charge in [-0.15, -0.1) is 0 Å². The Morgan fingerprint density at radius 1 is 0.500 bits per heavy atom. The summed E-state index contributed by atoms with van der Waals surface area (Å²) in [5, 5.41) is 4.12. The van der Waals surface area contributed by atoms with Crippen LogP contribution >= 0.6 is 7.92 Å². The number of benzene rings is 3. The first-order valence-corrected chi connectivity index (χ1v) is 10.0. The number of hydrogen-bond donors (Lipinski definition) is 0. The second-order valence-corrected chi connectivity index (χ2v) is 7.43. The minimum Gasteiger partial charge on any atom is 0 e. The molecule has 34 heavy (non-hydrogen) atoms. The van der Waals surface area contributed by atoms with Gasteiger partial charge in [-0.3, -0.25) is 0 Å². The third-order valence-corrected chi connectivity index (χ3v) is 6.08. The topological polar surface area (TPSA) is 99.5 Å². The molecule has 1 atom stereocenters. The largest absolute Gasteiger partial charge is 0 e. The van der Waals surface area contributed by atoms with Gasteiger partial charge in [-0.25, -0.2) is 0 Å². The maximum absolute atomic E-state index is 7.50. The summed E-state index contributed by atoms with van der Waals surface area (Å²) >= 11 is 0. The monoisotopic (exact) mass is 634 g/mol. The van der Waals surface area contributed by atoms with Gasteiger partial charge >= 0.3 is 56.5 Å². The predicted molar refractivity (Wildman–Crippen MR) is 119 cm³/mol. The van der Waals surface area contributed by atoms with E-state index in [-0.39, 0.29) is 29.0 Å². The second kappa shape index (κ2) is 24.4. The Morgan fingerprint density at radius 3 is 1.32 bits per heavy atom. The van der Waals surface area contributed by atoms with Crippen molar-refractivity contribution < 1.29 is 44.3 Å². The van der Waals surface area contributed by atoms with Gasteiger partial charge in [0, 0.05) is 37.3 Å². The van der Waals surface area contributed by atoms with Crippen LogP contribution in [0.4, 0.5) is 0 Å². The molecule has 164 valence electrons. The Bertz CT molecular complexity index is 1100. The molecule has 0 fully saturated rings. The summed E-state index contributed by atoms with van der Waals surface area (Å²) in [7, 11) is -0.385. The molecule has 0 aliphatic carbocycles. The van der Waals surface area contributed by atoms with Gasteiger partial charge < -0.3 is 0 Å². The predicted octanol–water partition coefficient (Wildman–Crippen LogP) is 5.04. The Morgan fingerprint density at radius 2 is 0.882 bits per heavy atom. The summed E-state index contributed by atoms with van der Waals surface area (Å²) in [6, 6.07) is 31.6. The van der Waals surface area contributed by atoms with Crippen molar-refractivity contribution in [2.24, 2.45) is 0 Å². The van der Waals surface area contributed by atoms with E-state index in [1.54, 1.807) is 0 Å². The quantitative estimate of drug-likeness (QED) is 0.164. The average Bonchev–Trinajstić information content (AvgIpc) is 3.69. The standard InChI is InChI=1S/C22H15P.5CO.W/c1-4-10-18(11-5-1)16-17-21-22(19-12-6-2-7-13-19)23(21)20-14-8-3-9-15-20;5*1-2;/h1-15H;;;;;;. The summed E-state index contributed by atoms with van der Waals surface area (Å²) in [5.74, 6) is 6.74. The van der Waals surface area contributed by atoms with E-state index in [0.29, 0.717) is 0 Å². The number of rotatable bonds is 2. The molecule has 3 aromatic rings. The van der Waals surface area contributed by atoms with Gasteiger partial charge in [0.05, 0.1) is 0 Å². The molecule has 0 amide bonds. The molecule has 1 aliphatic rings. The molecule has 3 aromatic carbocycles. The van der Waals surface area contributed by atoms with Crippen molar-refractivity contribution in [3.8, 4) is 11.8 Å². The normalized spacial score (nSPS) is 10.9. The summed E-state index contributed by atoms with van der Waals surface area (Å²) in [4.78, 5) is 0. The van der Waals surface area contributed by atoms with E-state index in [1.165, 1.54) is 21.5 Å². The fourth-order valence-corrected chi connectivity index (χ4v) is 4.86. The van der Waals surface area contributed by atoms with Gasteiger partial charge in [-0.2, -0.15) is 0 Å². The molecule has 1 heterocycles. The molecule has 5 nitrogen and oxygen atoms in total. The Labute approximate surface area is 214 Å². The van der Waals surface area contributed by atoms with Crippen molar-refractivity contribution in [3.63, 3.8) is 0 Å². The van der Waals surface area contributed by atoms with Crippen LogP contribution in [0, 0.1) is 45.1 Å². The molecule has 7 heteroatoms. The molecule has 0 radical (unpaired) electrons. The van der Waals surface area contributed by atoms with E-state index in [9.17, 15) is 0 Å². The first-order chi connectivity index (χ1) is 16.4. The third-order valence-electron chi connectivity index (χ3n) is 3.78. The van der Waals surface area contributed by atoms with E-state index in [2.05, 4.69) is 118 Å². The van der Waals surface area contributed by atoms with Crippen molar-refractivity contribution in [2.75, 3.05) is 0 Å². The summed E-state index contributed by atoms with van der Waals surface area (Å²) in [6.07, 6.45) is 0. The SMILES string of the molecule is C(#Cc1ccccc1)C1=C(c2ccccc2)P1c1ccccc1.[C-]#[O+].[C-]#[O+].[C-]#[O+].[C-]#[O+].[C-]#[O+].[W]. The van der Waals surface area contributed by atoms with E-state index >= 15 is 0 Å². The molecule has 1 aliphatic heterocycles. The van der Waals surface area contributed by atoms with Crippen LogP contribution in [0.3, 0.4) is 0 Å². The minimum absolute atomic E-state index is 0. The van der Waals surface area contributed by atoms with Crippen molar-refractivity contribution in [2.45, 2.75) is 0 Å². The minimum atomic E-state index is -0.385. The maximum Gasteiger partial charge on any atom is 0 e. The van der Waals surface area contributed by atoms with Gasteiger partial charge in [0.15, 0.2) is 0 Å². The zero-order valence-electron chi connectivity index (χ0n) is 17.6. The van der Waals surface area contributed by atoms with Crippen molar-refractivity contribution in [3.05, 3.63) is 141 Å². The molecule has 0 aromatic heterocycles. The van der Waals surface area contributed by atoms with Crippen LogP contribution in [-0.4, -0.2) is 0 Å². The zero-order valence-corrected chi connectivity index (χ0v) is 21.4. The van der Waals surface area contributed by atoms with Gasteiger partial charge in [0.1, 0.15) is 0 Å². The molecular weight excluding hydrogens is 619 g/mol. The van der Waals surface area contributed by atoms with E-state index in [4.69, 9.17) is 23.3 Å². The van der Waals surface area contributed by atoms with Gasteiger partial charge in [-0.1, -0.05) is 90.7 Å². The van der Waals surface area contributed by atoms with E-state index < -0.39 is 0 Å². The molecule has 0 saturated carbocycles. The first-order valence-electron chi connectivity index (χ1n) is 8.67. The van der Waals surface area contributed by atoms with E-state index in [1.807, 2.05) is 18.2 Å². The fourth-order valence-electron chi connectivity index (χ4n) is 2.63. The number of hydrogen-bond acceptors (Lipinski definition) is 0. The Hall–Kier alpha value is -3.22. The Balaban J connectivity index is -0.000000781. The zero-order chi connectivity index (χ0) is 25.5. The second-order valence-electron chi connectivity index (χ2n) is 5.35. The average molecular weight is 634 g/mol. The van der Waals surface area contributed by atoms with Crippen molar-refractivity contribution >= 4 is 18.5 Å². The third kappa shape index (κ3) is 11.6. The van der Waals surface area contributed by atoms with Gasteiger partial charge in [0.25, 0.3) is 0 Å². The van der Waals surface area contributed by atoms with Crippen molar-refractivity contribution in [1.82, 2.24) is 0 Å². The van der Waals surface area contributed by atoms with Crippen LogP contribution in [0.25, 0.3) is 5.31 Å². The molecule has 0 N–H and O–H groups in total. The van der Waals surface area contributed by atoms with Crippen LogP contribution in [0.15, 0.2) is 96.3 Å². The smallest absolute Gasteiger partial charge is 0 e. The molecular formula is C27H15O5PW. The van der Waals surface area contributed by atoms with Gasteiger partial charge in [-0.05, 0) is 30.9 Å². The molecule has 0 bridgehead atoms. The maximum atomic E-state index is 7.50. The van der Waals surface area contributed by atoms with Crippen LogP contribution in [0.1, 0.15) is 11.1 Å². The van der Waals surface area contributed by atoms with Crippen LogP contribution in [0.5, 0.6) is 0 Å². The molecule has 4 rings (SSSR count). The summed E-state index contributed by atoms with van der Waals surface area (Å²) in [5.41, 5.74) is 2.38. The molecule has 0 spiro atoms. The van der Waals surface area contributed by atoms with Crippen LogP contribution < -0.4 is 5.30 Å². The van der Waals surface area contributed by atoms with Crippen molar-refractivity contribution in [1.29, 1.82) is 0 Å². The number of allylic oxidation sites excluding steroid dienone is 1. The molecule has 1 unspecified atom stereocenters. The molecule has 0 saturated heterocycles. The Kier molecular flexibility index (Phi) is 25.4.